The molecule has 2 aromatic carbocycles. The number of carbonyl (C=O) groups is 1. The molecule has 0 fully saturated rings. The second-order valence-corrected chi connectivity index (χ2v) is 4.66. The molecule has 0 radical (unpaired) electrons. The van der Waals surface area contributed by atoms with Crippen LogP contribution in [0.15, 0.2) is 73.3 Å². The fourth-order valence-electron chi connectivity index (χ4n) is 2.18. The smallest absolute Gasteiger partial charge is 0.316 e. The van der Waals surface area contributed by atoms with Crippen molar-refractivity contribution >= 4 is 5.97 Å². The number of aliphatic hydroxyl groups is 1. The fourth-order valence-corrected chi connectivity index (χ4v) is 2.18. The summed E-state index contributed by atoms with van der Waals surface area (Å²) >= 11 is 0. The van der Waals surface area contributed by atoms with Gasteiger partial charge in [-0.2, -0.15) is 0 Å². The van der Waals surface area contributed by atoms with Crippen molar-refractivity contribution in [1.82, 2.24) is 0 Å². The molecule has 0 bridgehead atoms. The van der Waals surface area contributed by atoms with Crippen LogP contribution in [0.2, 0.25) is 0 Å². The van der Waals surface area contributed by atoms with E-state index < -0.39 is 18.0 Å². The molecule has 0 aliphatic rings. The molecule has 3 nitrogen and oxygen atoms in total. The Morgan fingerprint density at radius 3 is 2.10 bits per heavy atom. The summed E-state index contributed by atoms with van der Waals surface area (Å²) in [6.45, 7) is 3.66. The van der Waals surface area contributed by atoms with Crippen molar-refractivity contribution in [2.45, 2.75) is 12.0 Å². The SMILES string of the molecule is C=CCOC(=O)C(c1ccccc1)C(O)c1ccccc1. The average molecular weight is 282 g/mol. The van der Waals surface area contributed by atoms with Gasteiger partial charge in [-0.25, -0.2) is 0 Å². The second kappa shape index (κ2) is 7.41. The molecule has 0 aromatic heterocycles. The Morgan fingerprint density at radius 1 is 1.05 bits per heavy atom. The lowest BCUT2D eigenvalue weighted by Crippen LogP contribution is -2.23. The van der Waals surface area contributed by atoms with E-state index in [4.69, 9.17) is 4.74 Å². The van der Waals surface area contributed by atoms with Gasteiger partial charge in [-0.3, -0.25) is 4.79 Å². The first kappa shape index (κ1) is 15.0. The Labute approximate surface area is 124 Å². The molecule has 0 saturated heterocycles. The zero-order chi connectivity index (χ0) is 15.1. The van der Waals surface area contributed by atoms with Crippen molar-refractivity contribution in [2.24, 2.45) is 0 Å². The highest BCUT2D eigenvalue weighted by molar-refractivity contribution is 5.79. The lowest BCUT2D eigenvalue weighted by Gasteiger charge is -2.22. The van der Waals surface area contributed by atoms with Crippen LogP contribution in [0, 0.1) is 0 Å². The van der Waals surface area contributed by atoms with Crippen molar-refractivity contribution in [3.05, 3.63) is 84.4 Å². The van der Waals surface area contributed by atoms with Crippen LogP contribution in [-0.4, -0.2) is 17.7 Å². The van der Waals surface area contributed by atoms with Crippen LogP contribution in [0.4, 0.5) is 0 Å². The summed E-state index contributed by atoms with van der Waals surface area (Å²) in [5.74, 6) is -1.22. The summed E-state index contributed by atoms with van der Waals surface area (Å²) in [5, 5.41) is 10.6. The molecule has 2 atom stereocenters. The largest absolute Gasteiger partial charge is 0.461 e. The zero-order valence-electron chi connectivity index (χ0n) is 11.7. The van der Waals surface area contributed by atoms with Gasteiger partial charge in [0, 0.05) is 0 Å². The van der Waals surface area contributed by atoms with Gasteiger partial charge in [0.05, 0.1) is 6.10 Å². The number of aliphatic hydroxyl groups excluding tert-OH is 1. The average Bonchev–Trinajstić information content (AvgIpc) is 2.55. The number of benzene rings is 2. The van der Waals surface area contributed by atoms with E-state index in [1.807, 2.05) is 48.5 Å². The van der Waals surface area contributed by atoms with Crippen molar-refractivity contribution in [3.8, 4) is 0 Å². The fraction of sp³-hybridized carbons (Fsp3) is 0.167. The summed E-state index contributed by atoms with van der Waals surface area (Å²) in [7, 11) is 0. The number of hydrogen-bond acceptors (Lipinski definition) is 3. The Bertz CT molecular complexity index is 578. The highest BCUT2D eigenvalue weighted by Gasteiger charge is 2.30. The highest BCUT2D eigenvalue weighted by atomic mass is 16.5. The van der Waals surface area contributed by atoms with Crippen molar-refractivity contribution in [2.75, 3.05) is 6.61 Å². The molecular weight excluding hydrogens is 264 g/mol. The number of hydrogen-bond donors (Lipinski definition) is 1. The summed E-state index contributed by atoms with van der Waals surface area (Å²) in [6, 6.07) is 18.3. The van der Waals surface area contributed by atoms with E-state index in [0.717, 1.165) is 5.56 Å². The molecule has 0 saturated carbocycles. The molecule has 108 valence electrons. The molecular formula is C18H18O3. The zero-order valence-corrected chi connectivity index (χ0v) is 11.7. The lowest BCUT2D eigenvalue weighted by molar-refractivity contribution is -0.147. The third-order valence-electron chi connectivity index (χ3n) is 3.21. The minimum Gasteiger partial charge on any atom is -0.461 e. The van der Waals surface area contributed by atoms with Gasteiger partial charge in [0.2, 0.25) is 0 Å². The maximum atomic E-state index is 12.3. The van der Waals surface area contributed by atoms with Crippen LogP contribution in [-0.2, 0) is 9.53 Å². The molecule has 21 heavy (non-hydrogen) atoms. The molecule has 2 aromatic rings. The van der Waals surface area contributed by atoms with E-state index in [-0.39, 0.29) is 6.61 Å². The monoisotopic (exact) mass is 282 g/mol. The van der Waals surface area contributed by atoms with E-state index >= 15 is 0 Å². The van der Waals surface area contributed by atoms with E-state index in [9.17, 15) is 9.90 Å². The van der Waals surface area contributed by atoms with Gasteiger partial charge in [0.15, 0.2) is 0 Å². The quantitative estimate of drug-likeness (QED) is 0.653. The summed E-state index contributed by atoms with van der Waals surface area (Å²) in [5.41, 5.74) is 1.41. The first-order valence-electron chi connectivity index (χ1n) is 6.79. The maximum Gasteiger partial charge on any atom is 0.316 e. The van der Waals surface area contributed by atoms with Crippen LogP contribution >= 0.6 is 0 Å². The molecule has 0 aliphatic carbocycles. The highest BCUT2D eigenvalue weighted by Crippen LogP contribution is 2.32. The summed E-state index contributed by atoms with van der Waals surface area (Å²) in [6.07, 6.45) is 0.556. The van der Waals surface area contributed by atoms with Crippen LogP contribution in [0.25, 0.3) is 0 Å². The normalized spacial score (nSPS) is 13.2. The van der Waals surface area contributed by atoms with Crippen molar-refractivity contribution in [3.63, 3.8) is 0 Å². The number of rotatable bonds is 6. The number of ether oxygens (including phenoxy) is 1. The molecule has 0 heterocycles. The van der Waals surface area contributed by atoms with Gasteiger partial charge in [-0.05, 0) is 11.1 Å². The van der Waals surface area contributed by atoms with Gasteiger partial charge in [0.25, 0.3) is 0 Å². The van der Waals surface area contributed by atoms with Gasteiger partial charge in [0.1, 0.15) is 12.5 Å². The Morgan fingerprint density at radius 2 is 1.57 bits per heavy atom. The first-order chi connectivity index (χ1) is 10.2. The topological polar surface area (TPSA) is 46.5 Å². The van der Waals surface area contributed by atoms with Gasteiger partial charge < -0.3 is 9.84 Å². The minimum atomic E-state index is -0.953. The molecule has 1 N–H and O–H groups in total. The number of esters is 1. The van der Waals surface area contributed by atoms with E-state index in [2.05, 4.69) is 6.58 Å². The Kier molecular flexibility index (Phi) is 5.29. The van der Waals surface area contributed by atoms with Crippen LogP contribution in [0.1, 0.15) is 23.1 Å². The molecule has 2 unspecified atom stereocenters. The van der Waals surface area contributed by atoms with Crippen LogP contribution in [0.3, 0.4) is 0 Å². The van der Waals surface area contributed by atoms with E-state index in [1.165, 1.54) is 6.08 Å². The number of carbonyl (C=O) groups excluding carboxylic acids is 1. The second-order valence-electron chi connectivity index (χ2n) is 4.66. The third-order valence-corrected chi connectivity index (χ3v) is 3.21. The minimum absolute atomic E-state index is 0.129. The van der Waals surface area contributed by atoms with Crippen LogP contribution < -0.4 is 0 Å². The summed E-state index contributed by atoms with van der Waals surface area (Å²) < 4.78 is 5.13. The maximum absolute atomic E-state index is 12.3. The molecule has 2 rings (SSSR count). The van der Waals surface area contributed by atoms with E-state index in [1.54, 1.807) is 12.1 Å². The predicted molar refractivity (Wildman–Crippen MR) is 81.7 cm³/mol. The Hall–Kier alpha value is -2.39. The molecule has 0 aliphatic heterocycles. The summed E-state index contributed by atoms with van der Waals surface area (Å²) in [4.78, 5) is 12.3. The van der Waals surface area contributed by atoms with Crippen molar-refractivity contribution in [1.29, 1.82) is 0 Å². The Balaban J connectivity index is 2.32. The van der Waals surface area contributed by atoms with Gasteiger partial charge in [-0.1, -0.05) is 73.3 Å². The predicted octanol–water partition coefficient (Wildman–Crippen LogP) is 3.23. The lowest BCUT2D eigenvalue weighted by atomic mass is 9.89. The van der Waals surface area contributed by atoms with Gasteiger partial charge >= 0.3 is 5.97 Å². The van der Waals surface area contributed by atoms with Gasteiger partial charge in [-0.15, -0.1) is 0 Å². The van der Waals surface area contributed by atoms with Crippen molar-refractivity contribution < 1.29 is 14.6 Å². The first-order valence-corrected chi connectivity index (χ1v) is 6.79. The molecule has 0 spiro atoms. The molecule has 0 amide bonds. The van der Waals surface area contributed by atoms with E-state index in [0.29, 0.717) is 5.56 Å². The third kappa shape index (κ3) is 3.80. The van der Waals surface area contributed by atoms with Crippen LogP contribution in [0.5, 0.6) is 0 Å². The molecule has 3 heteroatoms. The standard InChI is InChI=1S/C18H18O3/c1-2-13-21-18(20)16(14-9-5-3-6-10-14)17(19)15-11-7-4-8-12-15/h2-12,16-17,19H,1,13H2.